The zero-order valence-electron chi connectivity index (χ0n) is 8.94. The summed E-state index contributed by atoms with van der Waals surface area (Å²) in [5.74, 6) is 0. The molecule has 1 rings (SSSR count). The van der Waals surface area contributed by atoms with Gasteiger partial charge in [-0.25, -0.2) is 0 Å². The Balaban J connectivity index is 2.10. The molecule has 1 N–H and O–H groups in total. The van der Waals surface area contributed by atoms with E-state index in [1.165, 1.54) is 0 Å². The summed E-state index contributed by atoms with van der Waals surface area (Å²) in [4.78, 5) is 0. The molecule has 0 spiro atoms. The molecule has 0 amide bonds. The van der Waals surface area contributed by atoms with Crippen LogP contribution in [0.2, 0.25) is 0 Å². The van der Waals surface area contributed by atoms with E-state index in [2.05, 4.69) is 5.32 Å². The fourth-order valence-electron chi connectivity index (χ4n) is 1.65. The average molecular weight is 225 g/mol. The van der Waals surface area contributed by atoms with E-state index in [-0.39, 0.29) is 6.61 Å². The number of hydrogen-bond acceptors (Lipinski definition) is 2. The van der Waals surface area contributed by atoms with E-state index in [0.29, 0.717) is 12.5 Å². The van der Waals surface area contributed by atoms with Crippen LogP contribution in [-0.2, 0) is 4.74 Å². The SMILES string of the molecule is CC(OCCC1CCCCN1)C(F)(F)F. The molecule has 2 atom stereocenters. The van der Waals surface area contributed by atoms with Crippen molar-refractivity contribution in [2.45, 2.75) is 50.9 Å². The first-order chi connectivity index (χ1) is 7.00. The number of hydrogen-bond donors (Lipinski definition) is 1. The lowest BCUT2D eigenvalue weighted by Crippen LogP contribution is -2.36. The van der Waals surface area contributed by atoms with Crippen LogP contribution in [0.5, 0.6) is 0 Å². The maximum Gasteiger partial charge on any atom is 0.414 e. The Bertz CT molecular complexity index is 178. The highest BCUT2D eigenvalue weighted by Crippen LogP contribution is 2.22. The van der Waals surface area contributed by atoms with Gasteiger partial charge in [0, 0.05) is 12.6 Å². The highest BCUT2D eigenvalue weighted by Gasteiger charge is 2.36. The second-order valence-corrected chi connectivity index (χ2v) is 3.99. The first-order valence-corrected chi connectivity index (χ1v) is 5.42. The van der Waals surface area contributed by atoms with Crippen LogP contribution in [0.4, 0.5) is 13.2 Å². The van der Waals surface area contributed by atoms with Gasteiger partial charge in [0.1, 0.15) is 0 Å². The average Bonchev–Trinajstić information content (AvgIpc) is 2.18. The van der Waals surface area contributed by atoms with Crippen molar-refractivity contribution >= 4 is 0 Å². The summed E-state index contributed by atoms with van der Waals surface area (Å²) >= 11 is 0. The smallest absolute Gasteiger partial charge is 0.369 e. The minimum atomic E-state index is -4.24. The van der Waals surface area contributed by atoms with Gasteiger partial charge in [-0.3, -0.25) is 0 Å². The number of halogens is 3. The first-order valence-electron chi connectivity index (χ1n) is 5.42. The molecule has 1 heterocycles. The summed E-state index contributed by atoms with van der Waals surface area (Å²) in [6.45, 7) is 2.20. The quantitative estimate of drug-likeness (QED) is 0.793. The van der Waals surface area contributed by atoms with Crippen molar-refractivity contribution in [3.63, 3.8) is 0 Å². The third kappa shape index (κ3) is 4.84. The lowest BCUT2D eigenvalue weighted by molar-refractivity contribution is -0.214. The van der Waals surface area contributed by atoms with Crippen molar-refractivity contribution in [2.24, 2.45) is 0 Å². The highest BCUT2D eigenvalue weighted by atomic mass is 19.4. The van der Waals surface area contributed by atoms with Crippen LogP contribution in [0, 0.1) is 0 Å². The van der Waals surface area contributed by atoms with E-state index in [9.17, 15) is 13.2 Å². The van der Waals surface area contributed by atoms with Crippen LogP contribution >= 0.6 is 0 Å². The highest BCUT2D eigenvalue weighted by molar-refractivity contribution is 4.72. The van der Waals surface area contributed by atoms with Gasteiger partial charge in [-0.05, 0) is 32.7 Å². The molecule has 0 aromatic carbocycles. The molecular formula is C10H18F3NO. The van der Waals surface area contributed by atoms with Crippen molar-refractivity contribution in [1.29, 1.82) is 0 Å². The van der Waals surface area contributed by atoms with E-state index in [4.69, 9.17) is 4.74 Å². The summed E-state index contributed by atoms with van der Waals surface area (Å²) in [6.07, 6.45) is -1.85. The van der Waals surface area contributed by atoms with Crippen LogP contribution in [0.3, 0.4) is 0 Å². The van der Waals surface area contributed by atoms with Gasteiger partial charge in [0.25, 0.3) is 0 Å². The van der Waals surface area contributed by atoms with Crippen molar-refractivity contribution in [1.82, 2.24) is 5.32 Å². The maximum atomic E-state index is 12.1. The molecule has 2 unspecified atom stereocenters. The van der Waals surface area contributed by atoms with E-state index >= 15 is 0 Å². The Morgan fingerprint density at radius 2 is 2.13 bits per heavy atom. The van der Waals surface area contributed by atoms with Gasteiger partial charge in [0.2, 0.25) is 0 Å². The number of ether oxygens (including phenoxy) is 1. The number of nitrogens with one attached hydrogen (secondary N) is 1. The van der Waals surface area contributed by atoms with Gasteiger partial charge in [-0.2, -0.15) is 13.2 Å². The van der Waals surface area contributed by atoms with Gasteiger partial charge < -0.3 is 10.1 Å². The van der Waals surface area contributed by atoms with Crippen molar-refractivity contribution in [3.8, 4) is 0 Å². The first kappa shape index (κ1) is 12.8. The molecule has 0 bridgehead atoms. The Morgan fingerprint density at radius 3 is 2.67 bits per heavy atom. The zero-order valence-corrected chi connectivity index (χ0v) is 8.94. The zero-order chi connectivity index (χ0) is 11.3. The third-order valence-corrected chi connectivity index (χ3v) is 2.71. The molecule has 0 aliphatic carbocycles. The fourth-order valence-corrected chi connectivity index (χ4v) is 1.65. The van der Waals surface area contributed by atoms with Gasteiger partial charge in [-0.15, -0.1) is 0 Å². The summed E-state index contributed by atoms with van der Waals surface area (Å²) in [7, 11) is 0. The molecule has 0 aromatic heterocycles. The van der Waals surface area contributed by atoms with Crippen molar-refractivity contribution in [2.75, 3.05) is 13.2 Å². The minimum absolute atomic E-state index is 0.179. The van der Waals surface area contributed by atoms with Crippen LogP contribution in [0.25, 0.3) is 0 Å². The summed E-state index contributed by atoms with van der Waals surface area (Å²) in [6, 6.07) is 0.333. The number of alkyl halides is 3. The molecule has 0 aromatic rings. The molecule has 1 aliphatic heterocycles. The molecule has 0 radical (unpaired) electrons. The van der Waals surface area contributed by atoms with Crippen LogP contribution < -0.4 is 5.32 Å². The van der Waals surface area contributed by atoms with Crippen LogP contribution in [0.1, 0.15) is 32.6 Å². The summed E-state index contributed by atoms with van der Waals surface area (Å²) in [5.41, 5.74) is 0. The van der Waals surface area contributed by atoms with Crippen molar-refractivity contribution in [3.05, 3.63) is 0 Å². The Kier molecular flexibility index (Phi) is 4.86. The molecule has 90 valence electrons. The monoisotopic (exact) mass is 225 g/mol. The number of piperidine rings is 1. The van der Waals surface area contributed by atoms with Crippen LogP contribution in [-0.4, -0.2) is 31.5 Å². The van der Waals surface area contributed by atoms with Crippen LogP contribution in [0.15, 0.2) is 0 Å². The molecule has 1 saturated heterocycles. The lowest BCUT2D eigenvalue weighted by Gasteiger charge is -2.24. The predicted octanol–water partition coefficient (Wildman–Crippen LogP) is 2.49. The summed E-state index contributed by atoms with van der Waals surface area (Å²) in [5, 5.41) is 3.27. The maximum absolute atomic E-state index is 12.1. The Hall–Kier alpha value is -0.290. The van der Waals surface area contributed by atoms with Gasteiger partial charge >= 0.3 is 6.18 Å². The third-order valence-electron chi connectivity index (χ3n) is 2.71. The normalized spacial score (nSPS) is 25.2. The standard InChI is InChI=1S/C10H18F3NO/c1-8(10(11,12)13)15-7-5-9-4-2-3-6-14-9/h8-9,14H,2-7H2,1H3. The second kappa shape index (κ2) is 5.70. The number of rotatable bonds is 4. The molecular weight excluding hydrogens is 207 g/mol. The Labute approximate surface area is 88.2 Å². The fraction of sp³-hybridized carbons (Fsp3) is 1.00. The van der Waals surface area contributed by atoms with E-state index in [1.54, 1.807) is 0 Å². The van der Waals surface area contributed by atoms with Gasteiger partial charge in [0.15, 0.2) is 6.10 Å². The predicted molar refractivity (Wildman–Crippen MR) is 51.7 cm³/mol. The van der Waals surface area contributed by atoms with Gasteiger partial charge in [-0.1, -0.05) is 6.42 Å². The molecule has 15 heavy (non-hydrogen) atoms. The summed E-state index contributed by atoms with van der Waals surface area (Å²) < 4.78 is 41.0. The second-order valence-electron chi connectivity index (χ2n) is 3.99. The largest absolute Gasteiger partial charge is 0.414 e. The molecule has 1 aliphatic rings. The Morgan fingerprint density at radius 1 is 1.40 bits per heavy atom. The lowest BCUT2D eigenvalue weighted by atomic mass is 10.0. The van der Waals surface area contributed by atoms with Crippen molar-refractivity contribution < 1.29 is 17.9 Å². The van der Waals surface area contributed by atoms with E-state index in [1.807, 2.05) is 0 Å². The topological polar surface area (TPSA) is 21.3 Å². The van der Waals surface area contributed by atoms with E-state index < -0.39 is 12.3 Å². The molecule has 1 fully saturated rings. The van der Waals surface area contributed by atoms with Gasteiger partial charge in [0.05, 0.1) is 0 Å². The van der Waals surface area contributed by atoms with E-state index in [0.717, 1.165) is 32.7 Å². The minimum Gasteiger partial charge on any atom is -0.369 e. The molecule has 0 saturated carbocycles. The molecule has 5 heteroatoms. The molecule has 2 nitrogen and oxygen atoms in total.